The van der Waals surface area contributed by atoms with Crippen LogP contribution in [-0.4, -0.2) is 45.6 Å². The highest BCUT2D eigenvalue weighted by Crippen LogP contribution is 2.42. The van der Waals surface area contributed by atoms with Crippen molar-refractivity contribution < 1.29 is 32.3 Å². The lowest BCUT2D eigenvalue weighted by atomic mass is 9.86. The summed E-state index contributed by atoms with van der Waals surface area (Å²) in [4.78, 5) is 42.3. The lowest BCUT2D eigenvalue weighted by Gasteiger charge is -2.34. The first kappa shape index (κ1) is 36.8. The van der Waals surface area contributed by atoms with Crippen LogP contribution >= 0.6 is 0 Å². The summed E-state index contributed by atoms with van der Waals surface area (Å²) >= 11 is 0. The molecule has 274 valence electrons. The van der Waals surface area contributed by atoms with E-state index in [0.717, 1.165) is 70.1 Å². The summed E-state index contributed by atoms with van der Waals surface area (Å²) in [5.41, 5.74) is 4.06. The van der Waals surface area contributed by atoms with E-state index in [1.54, 1.807) is 0 Å². The van der Waals surface area contributed by atoms with Crippen molar-refractivity contribution in [2.75, 3.05) is 13.1 Å². The van der Waals surface area contributed by atoms with Crippen molar-refractivity contribution in [2.45, 2.75) is 116 Å². The Balaban J connectivity index is 1.38. The van der Waals surface area contributed by atoms with Crippen molar-refractivity contribution in [3.63, 3.8) is 0 Å². The number of carboxylic acids is 1. The number of halogens is 4. The van der Waals surface area contributed by atoms with E-state index < -0.39 is 53.6 Å². The number of pyridine rings is 1. The summed E-state index contributed by atoms with van der Waals surface area (Å²) in [6, 6.07) is 5.69. The van der Waals surface area contributed by atoms with Crippen LogP contribution < -0.4 is 10.9 Å². The Kier molecular flexibility index (Phi) is 10.5. The zero-order valence-electron chi connectivity index (χ0n) is 29.7. The van der Waals surface area contributed by atoms with Gasteiger partial charge in [-0.1, -0.05) is 19.9 Å². The minimum Gasteiger partial charge on any atom is -0.481 e. The highest BCUT2D eigenvalue weighted by molar-refractivity contribution is 5.82. The van der Waals surface area contributed by atoms with Crippen LogP contribution in [0.3, 0.4) is 0 Å². The molecule has 7 nitrogen and oxygen atoms in total. The molecule has 3 aromatic rings. The van der Waals surface area contributed by atoms with Crippen LogP contribution in [0.4, 0.5) is 17.6 Å². The average molecular weight is 710 g/mol. The van der Waals surface area contributed by atoms with Gasteiger partial charge in [0.25, 0.3) is 5.56 Å². The maximum Gasteiger partial charge on any atom is 0.416 e. The number of fused-ring (bicyclic) bond motifs is 1. The number of nitrogens with zero attached hydrogens (tertiary/aromatic N) is 2. The number of aromatic nitrogens is 1. The number of amides is 1. The van der Waals surface area contributed by atoms with Crippen LogP contribution in [0.25, 0.3) is 11.1 Å². The molecule has 0 bridgehead atoms. The number of carboxylic acid groups (broad SMARTS) is 1. The predicted molar refractivity (Wildman–Crippen MR) is 187 cm³/mol. The van der Waals surface area contributed by atoms with Crippen molar-refractivity contribution in [2.24, 2.45) is 5.92 Å². The predicted octanol–water partition coefficient (Wildman–Crippen LogP) is 8.04. The number of piperidine rings is 1. The van der Waals surface area contributed by atoms with Gasteiger partial charge in [-0.2, -0.15) is 13.2 Å². The van der Waals surface area contributed by atoms with Crippen molar-refractivity contribution in [1.29, 1.82) is 0 Å². The normalized spacial score (nSPS) is 18.1. The van der Waals surface area contributed by atoms with Gasteiger partial charge in [0.1, 0.15) is 11.9 Å². The van der Waals surface area contributed by atoms with E-state index in [9.17, 15) is 37.1 Å². The zero-order valence-corrected chi connectivity index (χ0v) is 29.7. The minimum atomic E-state index is -4.74. The number of nitrogens with one attached hydrogen (secondary N) is 1. The maximum atomic E-state index is 14.4. The largest absolute Gasteiger partial charge is 0.481 e. The van der Waals surface area contributed by atoms with Crippen molar-refractivity contribution >= 4 is 11.9 Å². The Labute approximate surface area is 296 Å². The zero-order chi connectivity index (χ0) is 36.8. The van der Waals surface area contributed by atoms with E-state index in [-0.39, 0.29) is 23.7 Å². The van der Waals surface area contributed by atoms with E-state index >= 15 is 0 Å². The molecule has 2 N–H and O–H groups in total. The molecule has 2 atom stereocenters. The minimum absolute atomic E-state index is 0.0227. The highest BCUT2D eigenvalue weighted by Gasteiger charge is 2.40. The van der Waals surface area contributed by atoms with Gasteiger partial charge in [-0.3, -0.25) is 14.4 Å². The lowest BCUT2D eigenvalue weighted by molar-refractivity contribution is -0.139. The molecule has 2 fully saturated rings. The van der Waals surface area contributed by atoms with Crippen molar-refractivity contribution in [1.82, 2.24) is 14.8 Å². The Morgan fingerprint density at radius 1 is 0.980 bits per heavy atom. The molecule has 0 radical (unpaired) electrons. The molecular weight excluding hydrogens is 662 g/mol. The summed E-state index contributed by atoms with van der Waals surface area (Å²) in [5.74, 6) is -2.67. The SMILES string of the molecule is Cc1cc(F)cc(C)c1-c1cc([C@H](CC(=O)O)NC(=O)[C@H](CC(C)C)n2cc(C3CCN(C4CC4)CC3)c(C(F)(F)F)cc2=O)cc2c1CCC2. The Morgan fingerprint density at radius 2 is 1.65 bits per heavy atom. The molecule has 1 aliphatic heterocycles. The maximum absolute atomic E-state index is 14.4. The quantitative estimate of drug-likeness (QED) is 0.197. The number of likely N-dealkylation sites (tertiary alicyclic amines) is 1. The average Bonchev–Trinajstić information content (AvgIpc) is 3.78. The summed E-state index contributed by atoms with van der Waals surface area (Å²) in [7, 11) is 0. The van der Waals surface area contributed by atoms with Crippen LogP contribution in [0.1, 0.15) is 116 Å². The summed E-state index contributed by atoms with van der Waals surface area (Å²) in [5, 5.41) is 12.9. The van der Waals surface area contributed by atoms with E-state index in [1.165, 1.54) is 18.3 Å². The molecule has 2 aromatic carbocycles. The molecule has 0 unspecified atom stereocenters. The molecule has 2 heterocycles. The second-order valence-electron chi connectivity index (χ2n) is 15.2. The second-order valence-corrected chi connectivity index (χ2v) is 15.2. The molecular formula is C40H47F4N3O4. The third kappa shape index (κ3) is 8.08. The Hall–Kier alpha value is -3.99. The summed E-state index contributed by atoms with van der Waals surface area (Å²) in [6.07, 6.45) is 1.94. The van der Waals surface area contributed by atoms with Gasteiger partial charge in [0.2, 0.25) is 5.91 Å². The number of aryl methyl sites for hydroxylation is 3. The van der Waals surface area contributed by atoms with Crippen LogP contribution in [-0.2, 0) is 28.6 Å². The van der Waals surface area contributed by atoms with E-state index in [4.69, 9.17) is 0 Å². The summed E-state index contributed by atoms with van der Waals surface area (Å²) in [6.45, 7) is 8.74. The van der Waals surface area contributed by atoms with Crippen molar-refractivity contribution in [3.05, 3.63) is 91.6 Å². The number of rotatable bonds is 11. The van der Waals surface area contributed by atoms with Gasteiger partial charge in [0.05, 0.1) is 18.0 Å². The van der Waals surface area contributed by atoms with Crippen LogP contribution in [0, 0.1) is 25.6 Å². The fraction of sp³-hybridized carbons (Fsp3) is 0.525. The van der Waals surface area contributed by atoms with E-state index in [1.807, 2.05) is 39.8 Å². The molecule has 1 saturated heterocycles. The monoisotopic (exact) mass is 709 g/mol. The number of hydrogen-bond acceptors (Lipinski definition) is 4. The summed E-state index contributed by atoms with van der Waals surface area (Å²) < 4.78 is 58.6. The third-order valence-corrected chi connectivity index (χ3v) is 10.9. The number of hydrogen-bond donors (Lipinski definition) is 2. The first-order valence-corrected chi connectivity index (χ1v) is 18.1. The molecule has 1 amide bonds. The van der Waals surface area contributed by atoms with Crippen LogP contribution in [0.5, 0.6) is 0 Å². The number of alkyl halides is 3. The molecule has 0 spiro atoms. The molecule has 1 aromatic heterocycles. The Morgan fingerprint density at radius 3 is 2.24 bits per heavy atom. The van der Waals surface area contributed by atoms with E-state index in [2.05, 4.69) is 10.2 Å². The number of benzene rings is 2. The Bertz CT molecular complexity index is 1850. The molecule has 11 heteroatoms. The number of carbonyl (C=O) groups excluding carboxylic acids is 1. The molecule has 51 heavy (non-hydrogen) atoms. The molecule has 6 rings (SSSR count). The molecule has 1 saturated carbocycles. The van der Waals surface area contributed by atoms with Gasteiger partial charge in [0.15, 0.2) is 0 Å². The number of carbonyl (C=O) groups is 2. The first-order valence-electron chi connectivity index (χ1n) is 18.1. The third-order valence-electron chi connectivity index (χ3n) is 10.9. The highest BCUT2D eigenvalue weighted by atomic mass is 19.4. The fourth-order valence-corrected chi connectivity index (χ4v) is 8.37. The van der Waals surface area contributed by atoms with Gasteiger partial charge in [-0.25, -0.2) is 4.39 Å². The van der Waals surface area contributed by atoms with Crippen molar-refractivity contribution in [3.8, 4) is 11.1 Å². The van der Waals surface area contributed by atoms with Gasteiger partial charge in [-0.15, -0.1) is 0 Å². The number of aliphatic carboxylic acids is 1. The second kappa shape index (κ2) is 14.6. The smallest absolute Gasteiger partial charge is 0.416 e. The molecule has 2 aliphatic carbocycles. The molecule has 3 aliphatic rings. The van der Waals surface area contributed by atoms with Gasteiger partial charge < -0.3 is 19.9 Å². The topological polar surface area (TPSA) is 91.6 Å². The fourth-order valence-electron chi connectivity index (χ4n) is 8.37. The van der Waals surface area contributed by atoms with Gasteiger partial charge in [0, 0.05) is 18.3 Å². The standard InChI is InChI=1S/C40H47F4N3O4/c1-22(2)14-35(47-21-32(33(19-36(47)48)40(42,43)44)25-10-12-46(13-11-25)29-8-9-29)39(51)45-34(20-37(49)50)27-17-26-6-5-7-30(26)31(18-27)38-23(3)15-28(41)16-24(38)4/h15-19,21-22,25,29,34-35H,5-14,20H2,1-4H3,(H,45,51)(H,49,50)/t34-,35-/m0/s1. The van der Waals surface area contributed by atoms with Crippen LogP contribution in [0.2, 0.25) is 0 Å². The van der Waals surface area contributed by atoms with E-state index in [0.29, 0.717) is 43.6 Å². The first-order chi connectivity index (χ1) is 24.1. The van der Waals surface area contributed by atoms with Gasteiger partial charge >= 0.3 is 12.1 Å². The van der Waals surface area contributed by atoms with Gasteiger partial charge in [-0.05, 0) is 153 Å². The lowest BCUT2D eigenvalue weighted by Crippen LogP contribution is -2.41. The van der Waals surface area contributed by atoms with Crippen LogP contribution in [0.15, 0.2) is 41.3 Å².